The summed E-state index contributed by atoms with van der Waals surface area (Å²) in [5.41, 5.74) is 3.16. The highest BCUT2D eigenvalue weighted by molar-refractivity contribution is 7.80. The number of aryl methyl sites for hydroxylation is 1. The molecule has 0 aliphatic rings. The number of rotatable bonds is 3. The van der Waals surface area contributed by atoms with E-state index in [4.69, 9.17) is 35.4 Å². The van der Waals surface area contributed by atoms with Gasteiger partial charge in [-0.05, 0) is 60.6 Å². The molecular formula is C15H14Cl2N2S. The largest absolute Gasteiger partial charge is 0.358 e. The maximum atomic E-state index is 5.93. The van der Waals surface area contributed by atoms with Crippen molar-refractivity contribution in [3.63, 3.8) is 0 Å². The molecule has 2 nitrogen and oxygen atoms in total. The van der Waals surface area contributed by atoms with Gasteiger partial charge < -0.3 is 10.6 Å². The van der Waals surface area contributed by atoms with Gasteiger partial charge in [0.15, 0.2) is 5.11 Å². The van der Waals surface area contributed by atoms with Crippen LogP contribution in [0.5, 0.6) is 0 Å². The highest BCUT2D eigenvalue weighted by atomic mass is 35.5. The monoisotopic (exact) mass is 324 g/mol. The predicted octanol–water partition coefficient (Wildman–Crippen LogP) is 4.79. The molecule has 2 N–H and O–H groups in total. The molecule has 104 valence electrons. The Morgan fingerprint density at radius 3 is 2.55 bits per heavy atom. The van der Waals surface area contributed by atoms with E-state index >= 15 is 0 Å². The van der Waals surface area contributed by atoms with Crippen molar-refractivity contribution in [3.05, 3.63) is 63.6 Å². The number of hydrogen-bond acceptors (Lipinski definition) is 1. The third-order valence-electron chi connectivity index (χ3n) is 2.83. The minimum absolute atomic E-state index is 0.557. The summed E-state index contributed by atoms with van der Waals surface area (Å²) in [6.07, 6.45) is 0. The highest BCUT2D eigenvalue weighted by Gasteiger charge is 2.02. The molecule has 0 atom stereocenters. The molecule has 0 aliphatic heterocycles. The molecule has 2 aromatic rings. The van der Waals surface area contributed by atoms with Crippen LogP contribution in [0.15, 0.2) is 42.5 Å². The number of benzene rings is 2. The van der Waals surface area contributed by atoms with Gasteiger partial charge in [-0.15, -0.1) is 0 Å². The number of hydrogen-bond donors (Lipinski definition) is 2. The van der Waals surface area contributed by atoms with Crippen LogP contribution in [0, 0.1) is 6.92 Å². The van der Waals surface area contributed by atoms with Gasteiger partial charge in [0.2, 0.25) is 0 Å². The first-order valence-electron chi connectivity index (χ1n) is 6.10. The van der Waals surface area contributed by atoms with Gasteiger partial charge in [-0.1, -0.05) is 35.3 Å². The van der Waals surface area contributed by atoms with Crippen molar-refractivity contribution in [2.24, 2.45) is 0 Å². The second kappa shape index (κ2) is 6.93. The molecule has 0 bridgehead atoms. The van der Waals surface area contributed by atoms with Crippen molar-refractivity contribution in [2.45, 2.75) is 13.5 Å². The standard InChI is InChI=1S/C15H14Cl2N2S/c1-10-7-13(17)6-5-11(10)9-18-15(20)19-14-4-2-3-12(16)8-14/h2-8H,9H2,1H3,(H2,18,19,20). The van der Waals surface area contributed by atoms with E-state index < -0.39 is 0 Å². The normalized spacial score (nSPS) is 10.2. The van der Waals surface area contributed by atoms with Gasteiger partial charge in [0.05, 0.1) is 0 Å². The third-order valence-corrected chi connectivity index (χ3v) is 3.54. The van der Waals surface area contributed by atoms with Crippen LogP contribution in [0.1, 0.15) is 11.1 Å². The molecule has 0 spiro atoms. The van der Waals surface area contributed by atoms with Crippen molar-refractivity contribution in [1.82, 2.24) is 5.32 Å². The molecule has 20 heavy (non-hydrogen) atoms. The van der Waals surface area contributed by atoms with Gasteiger partial charge in [0.25, 0.3) is 0 Å². The van der Waals surface area contributed by atoms with Gasteiger partial charge in [0, 0.05) is 22.3 Å². The third kappa shape index (κ3) is 4.37. The first-order valence-corrected chi connectivity index (χ1v) is 7.26. The summed E-state index contributed by atoms with van der Waals surface area (Å²) in [7, 11) is 0. The summed E-state index contributed by atoms with van der Waals surface area (Å²) in [5, 5.41) is 8.23. The lowest BCUT2D eigenvalue weighted by molar-refractivity contribution is 0.915. The van der Waals surface area contributed by atoms with Crippen LogP contribution in [0.4, 0.5) is 5.69 Å². The van der Waals surface area contributed by atoms with Gasteiger partial charge in [-0.3, -0.25) is 0 Å². The van der Waals surface area contributed by atoms with Crippen LogP contribution in [0.2, 0.25) is 10.0 Å². The fraction of sp³-hybridized carbons (Fsp3) is 0.133. The number of thiocarbonyl (C=S) groups is 1. The fourth-order valence-electron chi connectivity index (χ4n) is 1.77. The molecule has 0 amide bonds. The van der Waals surface area contributed by atoms with E-state index in [0.29, 0.717) is 16.7 Å². The summed E-state index contributed by atoms with van der Waals surface area (Å²) >= 11 is 17.1. The molecule has 2 aromatic carbocycles. The second-order valence-electron chi connectivity index (χ2n) is 4.39. The topological polar surface area (TPSA) is 24.1 Å². The first kappa shape index (κ1) is 15.1. The summed E-state index contributed by atoms with van der Waals surface area (Å²) in [5.74, 6) is 0. The number of anilines is 1. The van der Waals surface area contributed by atoms with Gasteiger partial charge in [-0.2, -0.15) is 0 Å². The summed E-state index contributed by atoms with van der Waals surface area (Å²) in [6, 6.07) is 13.2. The average Bonchev–Trinajstić information content (AvgIpc) is 2.37. The fourth-order valence-corrected chi connectivity index (χ4v) is 2.38. The van der Waals surface area contributed by atoms with E-state index in [1.165, 1.54) is 0 Å². The molecule has 2 rings (SSSR count). The van der Waals surface area contributed by atoms with E-state index in [-0.39, 0.29) is 0 Å². The summed E-state index contributed by atoms with van der Waals surface area (Å²) in [6.45, 7) is 2.67. The van der Waals surface area contributed by atoms with Gasteiger partial charge >= 0.3 is 0 Å². The lowest BCUT2D eigenvalue weighted by atomic mass is 10.1. The van der Waals surface area contributed by atoms with Crippen LogP contribution >= 0.6 is 35.4 Å². The zero-order chi connectivity index (χ0) is 14.5. The quantitative estimate of drug-likeness (QED) is 0.794. The van der Waals surface area contributed by atoms with E-state index in [2.05, 4.69) is 10.6 Å². The Morgan fingerprint density at radius 1 is 1.10 bits per heavy atom. The van der Waals surface area contributed by atoms with Gasteiger partial charge in [0.1, 0.15) is 0 Å². The van der Waals surface area contributed by atoms with E-state index in [1.54, 1.807) is 0 Å². The van der Waals surface area contributed by atoms with Crippen LogP contribution in [-0.2, 0) is 6.54 Å². The zero-order valence-corrected chi connectivity index (χ0v) is 13.2. The van der Waals surface area contributed by atoms with Crippen molar-refractivity contribution in [2.75, 3.05) is 5.32 Å². The molecule has 0 saturated carbocycles. The molecule has 0 heterocycles. The zero-order valence-electron chi connectivity index (χ0n) is 10.9. The maximum absolute atomic E-state index is 5.93. The van der Waals surface area contributed by atoms with Gasteiger partial charge in [-0.25, -0.2) is 0 Å². The maximum Gasteiger partial charge on any atom is 0.171 e. The SMILES string of the molecule is Cc1cc(Cl)ccc1CNC(=S)Nc1cccc(Cl)c1. The predicted molar refractivity (Wildman–Crippen MR) is 90.7 cm³/mol. The first-order chi connectivity index (χ1) is 9.54. The Kier molecular flexibility index (Phi) is 5.24. The Balaban J connectivity index is 1.92. The molecule has 0 saturated heterocycles. The van der Waals surface area contributed by atoms with E-state index in [9.17, 15) is 0 Å². The molecule has 0 radical (unpaired) electrons. The van der Waals surface area contributed by atoms with E-state index in [0.717, 1.165) is 21.8 Å². The number of halogens is 2. The Labute approximate surface area is 134 Å². The summed E-state index contributed by atoms with van der Waals surface area (Å²) < 4.78 is 0. The molecule has 0 unspecified atom stereocenters. The smallest absolute Gasteiger partial charge is 0.171 e. The van der Waals surface area contributed by atoms with E-state index in [1.807, 2.05) is 49.4 Å². The van der Waals surface area contributed by atoms with Crippen LogP contribution in [-0.4, -0.2) is 5.11 Å². The van der Waals surface area contributed by atoms with Crippen LogP contribution in [0.25, 0.3) is 0 Å². The lowest BCUT2D eigenvalue weighted by Crippen LogP contribution is -2.28. The Bertz CT molecular complexity index is 629. The second-order valence-corrected chi connectivity index (χ2v) is 5.67. The average molecular weight is 325 g/mol. The molecule has 0 aromatic heterocycles. The van der Waals surface area contributed by atoms with Crippen molar-refractivity contribution < 1.29 is 0 Å². The lowest BCUT2D eigenvalue weighted by Gasteiger charge is -2.12. The van der Waals surface area contributed by atoms with Crippen molar-refractivity contribution >= 4 is 46.2 Å². The Morgan fingerprint density at radius 2 is 1.85 bits per heavy atom. The highest BCUT2D eigenvalue weighted by Crippen LogP contribution is 2.16. The molecule has 0 fully saturated rings. The van der Waals surface area contributed by atoms with Crippen LogP contribution in [0.3, 0.4) is 0 Å². The molecule has 0 aliphatic carbocycles. The Hall–Kier alpha value is -1.29. The molecular weight excluding hydrogens is 311 g/mol. The minimum Gasteiger partial charge on any atom is -0.358 e. The molecule has 5 heteroatoms. The minimum atomic E-state index is 0.557. The van der Waals surface area contributed by atoms with Crippen molar-refractivity contribution in [3.8, 4) is 0 Å². The van der Waals surface area contributed by atoms with Crippen molar-refractivity contribution in [1.29, 1.82) is 0 Å². The summed E-state index contributed by atoms with van der Waals surface area (Å²) in [4.78, 5) is 0. The number of nitrogens with one attached hydrogen (secondary N) is 2. The van der Waals surface area contributed by atoms with Crippen LogP contribution < -0.4 is 10.6 Å².